The fourth-order valence-corrected chi connectivity index (χ4v) is 6.04. The Kier molecular flexibility index (Phi) is 7.84. The molecule has 4 N–H and O–H groups in total. The summed E-state index contributed by atoms with van der Waals surface area (Å²) in [6, 6.07) is 14.4. The standard InChI is InChI=1S/C24H32N4O5S/c25-20-10-12-28(15-20)34(31,32)23-8-4-3-7-22(23)33-17-24(30)26-13-21(29)16-27-11-9-18-5-1-2-6-19(18)14-27/h1-8,20-21,29H,9-17,25H2,(H,26,30). The van der Waals surface area contributed by atoms with Gasteiger partial charge >= 0.3 is 0 Å². The number of hydrogen-bond donors (Lipinski definition) is 3. The first-order valence-electron chi connectivity index (χ1n) is 11.5. The highest BCUT2D eigenvalue weighted by atomic mass is 32.2. The Labute approximate surface area is 200 Å². The van der Waals surface area contributed by atoms with Crippen molar-refractivity contribution in [1.82, 2.24) is 14.5 Å². The Morgan fingerprint density at radius 2 is 1.88 bits per heavy atom. The number of aliphatic hydroxyl groups excluding tert-OH is 1. The smallest absolute Gasteiger partial charge is 0.258 e. The topological polar surface area (TPSA) is 125 Å². The van der Waals surface area contributed by atoms with Crippen molar-refractivity contribution in [2.45, 2.75) is 36.4 Å². The lowest BCUT2D eigenvalue weighted by Crippen LogP contribution is -2.43. The maximum absolute atomic E-state index is 13.0. The summed E-state index contributed by atoms with van der Waals surface area (Å²) >= 11 is 0. The molecule has 1 amide bonds. The van der Waals surface area contributed by atoms with Crippen molar-refractivity contribution < 1.29 is 23.1 Å². The number of nitrogens with zero attached hydrogens (tertiary/aromatic N) is 2. The summed E-state index contributed by atoms with van der Waals surface area (Å²) in [6.07, 6.45) is 0.826. The van der Waals surface area contributed by atoms with E-state index in [0.29, 0.717) is 19.5 Å². The summed E-state index contributed by atoms with van der Waals surface area (Å²) in [5.41, 5.74) is 8.47. The third kappa shape index (κ3) is 5.94. The first-order valence-corrected chi connectivity index (χ1v) is 13.0. The van der Waals surface area contributed by atoms with Crippen LogP contribution >= 0.6 is 0 Å². The SMILES string of the molecule is NC1CCN(S(=O)(=O)c2ccccc2OCC(=O)NCC(O)CN2CCc3ccccc3C2)C1. The second kappa shape index (κ2) is 10.8. The maximum Gasteiger partial charge on any atom is 0.258 e. The minimum atomic E-state index is -3.76. The van der Waals surface area contributed by atoms with Gasteiger partial charge in [0.2, 0.25) is 10.0 Å². The third-order valence-corrected chi connectivity index (χ3v) is 8.13. The molecule has 2 aromatic carbocycles. The molecular formula is C24H32N4O5S. The predicted molar refractivity (Wildman–Crippen MR) is 128 cm³/mol. The summed E-state index contributed by atoms with van der Waals surface area (Å²) in [5, 5.41) is 13.0. The molecule has 2 unspecified atom stereocenters. The lowest BCUT2D eigenvalue weighted by atomic mass is 10.00. The zero-order valence-electron chi connectivity index (χ0n) is 19.1. The van der Waals surface area contributed by atoms with E-state index in [4.69, 9.17) is 10.5 Å². The molecule has 2 aromatic rings. The highest BCUT2D eigenvalue weighted by molar-refractivity contribution is 7.89. The molecule has 1 saturated heterocycles. The van der Waals surface area contributed by atoms with E-state index in [-0.39, 0.29) is 36.4 Å². The van der Waals surface area contributed by atoms with E-state index in [9.17, 15) is 18.3 Å². The van der Waals surface area contributed by atoms with E-state index in [0.717, 1.165) is 19.5 Å². The lowest BCUT2D eigenvalue weighted by Gasteiger charge is -2.30. The Balaban J connectivity index is 1.25. The number of aliphatic hydroxyl groups is 1. The molecule has 9 nitrogen and oxygen atoms in total. The molecule has 0 spiro atoms. The van der Waals surface area contributed by atoms with Gasteiger partial charge in [-0.2, -0.15) is 4.31 Å². The predicted octanol–water partition coefficient (Wildman–Crippen LogP) is 0.323. The van der Waals surface area contributed by atoms with E-state index >= 15 is 0 Å². The van der Waals surface area contributed by atoms with Crippen molar-refractivity contribution in [2.24, 2.45) is 5.73 Å². The summed E-state index contributed by atoms with van der Waals surface area (Å²) in [5.74, 6) is -0.316. The van der Waals surface area contributed by atoms with Gasteiger partial charge in [0, 0.05) is 45.3 Å². The molecule has 0 radical (unpaired) electrons. The number of fused-ring (bicyclic) bond motifs is 1. The van der Waals surface area contributed by atoms with Crippen LogP contribution in [0.25, 0.3) is 0 Å². The van der Waals surface area contributed by atoms with Gasteiger partial charge in [0.15, 0.2) is 6.61 Å². The Morgan fingerprint density at radius 3 is 2.65 bits per heavy atom. The van der Waals surface area contributed by atoms with Crippen LogP contribution in [0.5, 0.6) is 5.75 Å². The average Bonchev–Trinajstić information content (AvgIpc) is 3.28. The third-order valence-electron chi connectivity index (χ3n) is 6.23. The number of nitrogens with one attached hydrogen (secondary N) is 1. The molecule has 2 aliphatic heterocycles. The van der Waals surface area contributed by atoms with Crippen LogP contribution in [0.15, 0.2) is 53.4 Å². The second-order valence-electron chi connectivity index (χ2n) is 8.86. The van der Waals surface area contributed by atoms with Crippen LogP contribution in [0.1, 0.15) is 17.5 Å². The Bertz CT molecular complexity index is 1110. The fourth-order valence-electron chi connectivity index (χ4n) is 4.39. The number of benzene rings is 2. The largest absolute Gasteiger partial charge is 0.482 e. The van der Waals surface area contributed by atoms with Crippen molar-refractivity contribution >= 4 is 15.9 Å². The first kappa shape index (κ1) is 24.6. The Hall–Kier alpha value is -2.50. The number of β-amino-alcohol motifs (C(OH)–C–C–N with tert-alkyl or cyclic N) is 1. The van der Waals surface area contributed by atoms with Crippen molar-refractivity contribution in [1.29, 1.82) is 0 Å². The number of amides is 1. The van der Waals surface area contributed by atoms with E-state index in [2.05, 4.69) is 22.3 Å². The average molecular weight is 489 g/mol. The van der Waals surface area contributed by atoms with Crippen LogP contribution in [0.3, 0.4) is 0 Å². The zero-order chi connectivity index (χ0) is 24.1. The Morgan fingerprint density at radius 1 is 1.15 bits per heavy atom. The van der Waals surface area contributed by atoms with Crippen LogP contribution in [0, 0.1) is 0 Å². The number of hydrogen-bond acceptors (Lipinski definition) is 7. The van der Waals surface area contributed by atoms with Crippen LogP contribution in [-0.2, 0) is 27.8 Å². The quantitative estimate of drug-likeness (QED) is 0.464. The van der Waals surface area contributed by atoms with Gasteiger partial charge in [0.25, 0.3) is 5.91 Å². The van der Waals surface area contributed by atoms with E-state index < -0.39 is 22.0 Å². The van der Waals surface area contributed by atoms with Crippen molar-refractivity contribution in [2.75, 3.05) is 39.3 Å². The number of para-hydroxylation sites is 1. The number of ether oxygens (including phenoxy) is 1. The van der Waals surface area contributed by atoms with Gasteiger partial charge in [0.1, 0.15) is 10.6 Å². The van der Waals surface area contributed by atoms with Crippen LogP contribution in [0.2, 0.25) is 0 Å². The van der Waals surface area contributed by atoms with Crippen molar-refractivity contribution in [3.63, 3.8) is 0 Å². The number of carbonyl (C=O) groups is 1. The number of nitrogens with two attached hydrogens (primary N) is 1. The molecule has 4 rings (SSSR count). The van der Waals surface area contributed by atoms with Crippen LogP contribution < -0.4 is 15.8 Å². The number of sulfonamides is 1. The molecule has 0 bridgehead atoms. The van der Waals surface area contributed by atoms with Crippen molar-refractivity contribution in [3.8, 4) is 5.75 Å². The minimum absolute atomic E-state index is 0.0160. The van der Waals surface area contributed by atoms with Gasteiger partial charge in [-0.15, -0.1) is 0 Å². The van der Waals surface area contributed by atoms with Crippen LogP contribution in [-0.4, -0.2) is 80.1 Å². The summed E-state index contributed by atoms with van der Waals surface area (Å²) in [7, 11) is -3.76. The lowest BCUT2D eigenvalue weighted by molar-refractivity contribution is -0.123. The normalized spacial score (nSPS) is 20.0. The molecule has 34 heavy (non-hydrogen) atoms. The van der Waals surface area contributed by atoms with Gasteiger partial charge in [-0.05, 0) is 36.1 Å². The molecular weight excluding hydrogens is 456 g/mol. The molecule has 2 atom stereocenters. The van der Waals surface area contributed by atoms with Gasteiger partial charge < -0.3 is 20.9 Å². The van der Waals surface area contributed by atoms with Gasteiger partial charge in [-0.1, -0.05) is 36.4 Å². The first-order chi connectivity index (χ1) is 16.3. The highest BCUT2D eigenvalue weighted by Gasteiger charge is 2.33. The molecule has 10 heteroatoms. The molecule has 2 heterocycles. The number of carbonyl (C=O) groups excluding carboxylic acids is 1. The number of rotatable bonds is 9. The molecule has 1 fully saturated rings. The molecule has 0 aliphatic carbocycles. The minimum Gasteiger partial charge on any atom is -0.482 e. The zero-order valence-corrected chi connectivity index (χ0v) is 19.9. The monoisotopic (exact) mass is 488 g/mol. The highest BCUT2D eigenvalue weighted by Crippen LogP contribution is 2.28. The summed E-state index contributed by atoms with van der Waals surface area (Å²) < 4.78 is 32.9. The van der Waals surface area contributed by atoms with Crippen molar-refractivity contribution in [3.05, 3.63) is 59.7 Å². The summed E-state index contributed by atoms with van der Waals surface area (Å²) in [4.78, 5) is 14.5. The molecule has 0 saturated carbocycles. The van der Waals surface area contributed by atoms with Gasteiger partial charge in [-0.3, -0.25) is 9.69 Å². The van der Waals surface area contributed by atoms with Crippen LogP contribution in [0.4, 0.5) is 0 Å². The van der Waals surface area contributed by atoms with E-state index in [1.165, 1.54) is 27.6 Å². The second-order valence-corrected chi connectivity index (χ2v) is 10.8. The summed E-state index contributed by atoms with van der Waals surface area (Å²) in [6.45, 7) is 2.45. The maximum atomic E-state index is 13.0. The molecule has 0 aromatic heterocycles. The van der Waals surface area contributed by atoms with E-state index in [1.54, 1.807) is 12.1 Å². The fraction of sp³-hybridized carbons (Fsp3) is 0.458. The van der Waals surface area contributed by atoms with Gasteiger partial charge in [0.05, 0.1) is 6.10 Å². The molecule has 2 aliphatic rings. The van der Waals surface area contributed by atoms with Gasteiger partial charge in [-0.25, -0.2) is 8.42 Å². The molecule has 184 valence electrons. The van der Waals surface area contributed by atoms with E-state index in [1.807, 2.05) is 12.1 Å².